The molecule has 2 N–H and O–H groups in total. The summed E-state index contributed by atoms with van der Waals surface area (Å²) in [6.07, 6.45) is 0.989. The minimum Gasteiger partial charge on any atom is -0.392 e. The fraction of sp³-hybridized carbons (Fsp3) is 0.833. The number of carbonyl (C=O) groups is 1. The van der Waals surface area contributed by atoms with Crippen molar-refractivity contribution in [2.75, 3.05) is 19.8 Å². The standard InChI is InChI=1S/C6H13BN2O2/c1-2-4-11-5-3-8-6(10)9-7/h2-5H2,1H3,(H2,8,9,10). The van der Waals surface area contributed by atoms with Crippen LogP contribution in [0.4, 0.5) is 4.79 Å². The lowest BCUT2D eigenvalue weighted by Crippen LogP contribution is -2.35. The molecular weight excluding hydrogens is 143 g/mol. The van der Waals surface area contributed by atoms with Gasteiger partial charge in [-0.2, -0.15) is 0 Å². The Bertz CT molecular complexity index is 111. The first-order valence-electron chi connectivity index (χ1n) is 3.63. The molecule has 0 aliphatic rings. The van der Waals surface area contributed by atoms with Gasteiger partial charge in [0.05, 0.1) is 6.61 Å². The summed E-state index contributed by atoms with van der Waals surface area (Å²) >= 11 is 0. The molecule has 0 spiro atoms. The van der Waals surface area contributed by atoms with Crippen LogP contribution in [0.15, 0.2) is 0 Å². The van der Waals surface area contributed by atoms with E-state index >= 15 is 0 Å². The maximum absolute atomic E-state index is 10.4. The van der Waals surface area contributed by atoms with E-state index in [0.29, 0.717) is 13.2 Å². The largest absolute Gasteiger partial charge is 0.392 e. The molecule has 62 valence electrons. The monoisotopic (exact) mass is 156 g/mol. The minimum absolute atomic E-state index is 0.384. The van der Waals surface area contributed by atoms with Crippen molar-refractivity contribution >= 4 is 14.0 Å². The average Bonchev–Trinajstić information content (AvgIpc) is 2.04. The van der Waals surface area contributed by atoms with E-state index in [-0.39, 0.29) is 6.03 Å². The van der Waals surface area contributed by atoms with Gasteiger partial charge in [0.25, 0.3) is 0 Å². The fourth-order valence-corrected chi connectivity index (χ4v) is 0.534. The lowest BCUT2D eigenvalue weighted by Gasteiger charge is -2.04. The third-order valence-electron chi connectivity index (χ3n) is 1.01. The second-order valence-electron chi connectivity index (χ2n) is 2.01. The zero-order valence-electron chi connectivity index (χ0n) is 6.72. The van der Waals surface area contributed by atoms with E-state index in [1.54, 1.807) is 0 Å². The molecule has 2 amide bonds. The molecule has 0 bridgehead atoms. The Morgan fingerprint density at radius 1 is 1.55 bits per heavy atom. The lowest BCUT2D eigenvalue weighted by atomic mass is 10.4. The van der Waals surface area contributed by atoms with Crippen LogP contribution >= 0.6 is 0 Å². The van der Waals surface area contributed by atoms with E-state index in [0.717, 1.165) is 13.0 Å². The van der Waals surface area contributed by atoms with Gasteiger partial charge < -0.3 is 15.3 Å². The predicted octanol–water partition coefficient (Wildman–Crippen LogP) is -0.204. The van der Waals surface area contributed by atoms with Crippen LogP contribution in [-0.4, -0.2) is 33.8 Å². The average molecular weight is 156 g/mol. The van der Waals surface area contributed by atoms with Gasteiger partial charge in [-0.05, 0) is 6.42 Å². The number of hydrogen-bond donors (Lipinski definition) is 2. The topological polar surface area (TPSA) is 50.4 Å². The van der Waals surface area contributed by atoms with Gasteiger partial charge in [0.2, 0.25) is 7.98 Å². The van der Waals surface area contributed by atoms with Crippen LogP contribution in [-0.2, 0) is 4.74 Å². The highest BCUT2D eigenvalue weighted by atomic mass is 16.5. The molecule has 0 fully saturated rings. The Morgan fingerprint density at radius 2 is 2.27 bits per heavy atom. The van der Waals surface area contributed by atoms with Crippen molar-refractivity contribution < 1.29 is 9.53 Å². The van der Waals surface area contributed by atoms with E-state index in [9.17, 15) is 4.79 Å². The van der Waals surface area contributed by atoms with Gasteiger partial charge >= 0.3 is 6.03 Å². The summed E-state index contributed by atoms with van der Waals surface area (Å²) in [6.45, 7) is 3.77. The van der Waals surface area contributed by atoms with E-state index in [2.05, 4.69) is 5.32 Å². The third-order valence-corrected chi connectivity index (χ3v) is 1.01. The highest BCUT2D eigenvalue weighted by Gasteiger charge is 1.92. The van der Waals surface area contributed by atoms with Crippen LogP contribution in [0.1, 0.15) is 13.3 Å². The Hall–Kier alpha value is -0.705. The highest BCUT2D eigenvalue weighted by Crippen LogP contribution is 1.77. The molecular formula is C6H13BN2O2. The molecule has 0 aromatic rings. The van der Waals surface area contributed by atoms with Crippen LogP contribution in [0.5, 0.6) is 0 Å². The van der Waals surface area contributed by atoms with E-state index in [1.807, 2.05) is 12.2 Å². The van der Waals surface area contributed by atoms with Crippen molar-refractivity contribution in [1.29, 1.82) is 0 Å². The van der Waals surface area contributed by atoms with Crippen LogP contribution in [0.25, 0.3) is 0 Å². The van der Waals surface area contributed by atoms with Crippen molar-refractivity contribution in [2.24, 2.45) is 0 Å². The van der Waals surface area contributed by atoms with Gasteiger partial charge in [0.1, 0.15) is 0 Å². The molecule has 0 heterocycles. The lowest BCUT2D eigenvalue weighted by molar-refractivity contribution is 0.137. The molecule has 0 unspecified atom stereocenters. The number of rotatable bonds is 5. The van der Waals surface area contributed by atoms with Crippen LogP contribution < -0.4 is 10.5 Å². The Morgan fingerprint density at radius 3 is 2.82 bits per heavy atom. The van der Waals surface area contributed by atoms with Gasteiger partial charge in [0.15, 0.2) is 0 Å². The molecule has 0 aromatic heterocycles. The smallest absolute Gasteiger partial charge is 0.301 e. The SMILES string of the molecule is [B]NC(=O)NCCOCCC. The molecule has 4 nitrogen and oxygen atoms in total. The van der Waals surface area contributed by atoms with Gasteiger partial charge in [-0.25, -0.2) is 0 Å². The maximum Gasteiger partial charge on any atom is 0.301 e. The summed E-state index contributed by atoms with van der Waals surface area (Å²) in [4.78, 5) is 10.4. The summed E-state index contributed by atoms with van der Waals surface area (Å²) < 4.78 is 5.09. The molecule has 0 rings (SSSR count). The second kappa shape index (κ2) is 7.40. The molecule has 2 radical (unpaired) electrons. The van der Waals surface area contributed by atoms with Crippen LogP contribution in [0.2, 0.25) is 0 Å². The Kier molecular flexibility index (Phi) is 6.93. The molecule has 11 heavy (non-hydrogen) atoms. The Labute approximate surface area is 68.1 Å². The highest BCUT2D eigenvalue weighted by molar-refractivity contribution is 6.13. The van der Waals surface area contributed by atoms with Crippen molar-refractivity contribution in [3.63, 3.8) is 0 Å². The molecule has 0 saturated heterocycles. The summed E-state index contributed by atoms with van der Waals surface area (Å²) in [6, 6.07) is -0.384. The maximum atomic E-state index is 10.4. The van der Waals surface area contributed by atoms with Gasteiger partial charge in [-0.15, -0.1) is 0 Å². The number of hydrogen-bond acceptors (Lipinski definition) is 2. The summed E-state index contributed by atoms with van der Waals surface area (Å²) in [5.41, 5.74) is 0. The van der Waals surface area contributed by atoms with Crippen LogP contribution in [0.3, 0.4) is 0 Å². The Balaban J connectivity index is 2.95. The molecule has 5 heteroatoms. The van der Waals surface area contributed by atoms with Crippen molar-refractivity contribution in [1.82, 2.24) is 10.5 Å². The van der Waals surface area contributed by atoms with E-state index < -0.39 is 0 Å². The second-order valence-corrected chi connectivity index (χ2v) is 2.01. The molecule has 0 saturated carbocycles. The number of amides is 2. The summed E-state index contributed by atoms with van der Waals surface area (Å²) in [5.74, 6) is 0. The van der Waals surface area contributed by atoms with Crippen molar-refractivity contribution in [3.8, 4) is 0 Å². The van der Waals surface area contributed by atoms with Crippen molar-refractivity contribution in [2.45, 2.75) is 13.3 Å². The van der Waals surface area contributed by atoms with E-state index in [1.165, 1.54) is 0 Å². The first kappa shape index (κ1) is 10.3. The zero-order valence-corrected chi connectivity index (χ0v) is 6.72. The quantitative estimate of drug-likeness (QED) is 0.427. The van der Waals surface area contributed by atoms with Gasteiger partial charge in [0, 0.05) is 13.2 Å². The minimum atomic E-state index is -0.384. The number of nitrogens with one attached hydrogen (secondary N) is 2. The van der Waals surface area contributed by atoms with Gasteiger partial charge in [-0.1, -0.05) is 6.92 Å². The first-order valence-corrected chi connectivity index (χ1v) is 3.63. The van der Waals surface area contributed by atoms with Crippen LogP contribution in [0, 0.1) is 0 Å². The number of ether oxygens (including phenoxy) is 1. The summed E-state index contributed by atoms with van der Waals surface area (Å²) in [5, 5.41) is 4.44. The molecule has 0 aliphatic heterocycles. The van der Waals surface area contributed by atoms with E-state index in [4.69, 9.17) is 12.7 Å². The van der Waals surface area contributed by atoms with Gasteiger partial charge in [-0.3, -0.25) is 4.79 Å². The zero-order chi connectivity index (χ0) is 8.53. The number of urea groups is 1. The summed E-state index contributed by atoms with van der Waals surface area (Å²) in [7, 11) is 4.81. The fourth-order valence-electron chi connectivity index (χ4n) is 0.534. The number of carbonyl (C=O) groups excluding carboxylic acids is 1. The first-order chi connectivity index (χ1) is 5.31. The van der Waals surface area contributed by atoms with Crippen molar-refractivity contribution in [3.05, 3.63) is 0 Å². The molecule has 0 aliphatic carbocycles. The third kappa shape index (κ3) is 7.19. The molecule has 0 atom stereocenters. The normalized spacial score (nSPS) is 9.18. The molecule has 0 aromatic carbocycles. The predicted molar refractivity (Wildman–Crippen MR) is 43.4 cm³/mol.